The molecule has 1 aromatic rings. The monoisotopic (exact) mass is 426 g/mol. The van der Waals surface area contributed by atoms with Gasteiger partial charge in [0.25, 0.3) is 5.91 Å². The molecule has 0 aliphatic carbocycles. The molecule has 1 aromatic carbocycles. The first-order valence-electron chi connectivity index (χ1n) is 7.25. The van der Waals surface area contributed by atoms with E-state index in [9.17, 15) is 14.4 Å². The molecule has 2 rings (SSSR count). The largest absolute Gasteiger partial charge is 0.490 e. The average Bonchev–Trinajstić information content (AvgIpc) is 2.82. The third-order valence-electron chi connectivity index (χ3n) is 2.81. The quantitative estimate of drug-likeness (QED) is 0.451. The molecule has 0 unspecified atom stereocenters. The first-order valence-corrected chi connectivity index (χ1v) is 8.86. The molecular formula is C16H15BrN2O5S. The first-order chi connectivity index (χ1) is 11.8. The summed E-state index contributed by atoms with van der Waals surface area (Å²) in [6.45, 7) is 4.83. The first kappa shape index (κ1) is 19.2. The van der Waals surface area contributed by atoms with Crippen LogP contribution in [0.4, 0.5) is 0 Å². The molecule has 0 saturated carbocycles. The van der Waals surface area contributed by atoms with Crippen molar-refractivity contribution in [3.8, 4) is 11.5 Å². The lowest BCUT2D eigenvalue weighted by Crippen LogP contribution is -2.23. The van der Waals surface area contributed by atoms with E-state index < -0.39 is 11.9 Å². The zero-order chi connectivity index (χ0) is 18.6. The fraction of sp³-hybridized carbons (Fsp3) is 0.250. The Hall–Kier alpha value is -2.13. The van der Waals surface area contributed by atoms with Gasteiger partial charge in [-0.05, 0) is 42.5 Å². The second kappa shape index (κ2) is 8.30. The Balaban J connectivity index is 2.33. The van der Waals surface area contributed by atoms with Crippen LogP contribution in [-0.2, 0) is 14.4 Å². The van der Waals surface area contributed by atoms with Crippen molar-refractivity contribution in [1.29, 1.82) is 0 Å². The number of nitrogens with zero attached hydrogens (tertiary/aromatic N) is 1. The molecule has 0 atom stereocenters. The van der Waals surface area contributed by atoms with E-state index in [0.29, 0.717) is 27.3 Å². The number of rotatable bonds is 4. The summed E-state index contributed by atoms with van der Waals surface area (Å²) in [6.07, 6.45) is 1.62. The van der Waals surface area contributed by atoms with Crippen molar-refractivity contribution in [2.75, 3.05) is 6.61 Å². The normalized spacial score (nSPS) is 15.1. The number of halogens is 1. The minimum Gasteiger partial charge on any atom is -0.490 e. The minimum absolute atomic E-state index is 0.237. The van der Waals surface area contributed by atoms with Gasteiger partial charge in [-0.2, -0.15) is 4.99 Å². The fourth-order valence-corrected chi connectivity index (χ4v) is 3.21. The van der Waals surface area contributed by atoms with Crippen LogP contribution in [-0.4, -0.2) is 29.6 Å². The number of benzene rings is 1. The summed E-state index contributed by atoms with van der Waals surface area (Å²) in [7, 11) is 0. The predicted molar refractivity (Wildman–Crippen MR) is 98.4 cm³/mol. The number of amides is 2. The molecule has 0 spiro atoms. The lowest BCUT2D eigenvalue weighted by atomic mass is 10.2. The smallest absolute Gasteiger partial charge is 0.308 e. The van der Waals surface area contributed by atoms with Crippen LogP contribution in [0, 0.1) is 0 Å². The zero-order valence-corrected chi connectivity index (χ0v) is 16.1. The number of hydrogen-bond acceptors (Lipinski definition) is 6. The van der Waals surface area contributed by atoms with E-state index in [1.54, 1.807) is 18.2 Å². The zero-order valence-electron chi connectivity index (χ0n) is 13.7. The molecule has 1 N–H and O–H groups in total. The van der Waals surface area contributed by atoms with Gasteiger partial charge in [0.2, 0.25) is 5.91 Å². The number of esters is 1. The number of carbonyl (C=O) groups excluding carboxylic acids is 3. The fourth-order valence-electron chi connectivity index (χ4n) is 1.92. The molecule has 7 nitrogen and oxygen atoms in total. The lowest BCUT2D eigenvalue weighted by Gasteiger charge is -2.12. The number of thioether (sulfide) groups is 1. The number of amidine groups is 1. The summed E-state index contributed by atoms with van der Waals surface area (Å²) in [6, 6.07) is 3.25. The Bertz CT molecular complexity index is 804. The molecule has 1 aliphatic rings. The molecule has 1 aliphatic heterocycles. The van der Waals surface area contributed by atoms with Crippen molar-refractivity contribution in [2.45, 2.75) is 20.8 Å². The van der Waals surface area contributed by atoms with Gasteiger partial charge in [0.15, 0.2) is 16.7 Å². The Morgan fingerprint density at radius 1 is 1.32 bits per heavy atom. The van der Waals surface area contributed by atoms with E-state index in [-0.39, 0.29) is 16.8 Å². The standard InChI is InChI=1S/C16H15BrN2O5S/c1-4-23-12-5-10(11(17)7-13(12)24-9(3)21)6-14-15(22)19-16(25-14)18-8(2)20/h5-7H,4H2,1-3H3,(H,18,19,20,22)/b14-6+. The number of nitrogens with one attached hydrogen (secondary N) is 1. The molecule has 1 heterocycles. The molecule has 0 saturated heterocycles. The van der Waals surface area contributed by atoms with Gasteiger partial charge in [0.1, 0.15) is 0 Å². The van der Waals surface area contributed by atoms with Gasteiger partial charge in [-0.15, -0.1) is 0 Å². The summed E-state index contributed by atoms with van der Waals surface area (Å²) in [4.78, 5) is 38.4. The Morgan fingerprint density at radius 2 is 2.04 bits per heavy atom. The Labute approximate surface area is 157 Å². The van der Waals surface area contributed by atoms with Crippen LogP contribution < -0.4 is 14.8 Å². The van der Waals surface area contributed by atoms with Crippen molar-refractivity contribution in [2.24, 2.45) is 4.99 Å². The summed E-state index contributed by atoms with van der Waals surface area (Å²) in [5.74, 6) is -0.544. The van der Waals surface area contributed by atoms with Gasteiger partial charge in [-0.25, -0.2) is 0 Å². The number of aliphatic imine (C=N–C) groups is 1. The van der Waals surface area contributed by atoms with E-state index >= 15 is 0 Å². The van der Waals surface area contributed by atoms with Gasteiger partial charge in [-0.1, -0.05) is 15.9 Å². The van der Waals surface area contributed by atoms with Crippen LogP contribution in [0.15, 0.2) is 26.5 Å². The van der Waals surface area contributed by atoms with E-state index in [4.69, 9.17) is 9.47 Å². The van der Waals surface area contributed by atoms with Crippen molar-refractivity contribution < 1.29 is 23.9 Å². The van der Waals surface area contributed by atoms with Crippen molar-refractivity contribution in [3.63, 3.8) is 0 Å². The maximum absolute atomic E-state index is 12.0. The molecule has 0 fully saturated rings. The lowest BCUT2D eigenvalue weighted by molar-refractivity contribution is -0.132. The van der Waals surface area contributed by atoms with Crippen LogP contribution in [0.1, 0.15) is 26.3 Å². The highest BCUT2D eigenvalue weighted by Crippen LogP contribution is 2.37. The van der Waals surface area contributed by atoms with Gasteiger partial charge in [0, 0.05) is 18.3 Å². The molecular weight excluding hydrogens is 412 g/mol. The van der Waals surface area contributed by atoms with Crippen LogP contribution in [0.3, 0.4) is 0 Å². The number of carbonyl (C=O) groups is 3. The van der Waals surface area contributed by atoms with Gasteiger partial charge < -0.3 is 14.8 Å². The predicted octanol–water partition coefficient (Wildman–Crippen LogP) is 2.88. The SMILES string of the molecule is CCOc1cc(/C=C2/SC(NC(C)=O)=NC2=O)c(Br)cc1OC(C)=O. The molecule has 0 bridgehead atoms. The van der Waals surface area contributed by atoms with E-state index in [0.717, 1.165) is 11.8 Å². The van der Waals surface area contributed by atoms with Crippen LogP contribution in [0.25, 0.3) is 6.08 Å². The second-order valence-electron chi connectivity index (χ2n) is 4.86. The topological polar surface area (TPSA) is 94.1 Å². The van der Waals surface area contributed by atoms with Crippen LogP contribution in [0.2, 0.25) is 0 Å². The second-order valence-corrected chi connectivity index (χ2v) is 6.75. The molecule has 0 aromatic heterocycles. The molecule has 2 amide bonds. The maximum atomic E-state index is 12.0. The highest BCUT2D eigenvalue weighted by atomic mass is 79.9. The molecule has 0 radical (unpaired) electrons. The number of hydrogen-bond donors (Lipinski definition) is 1. The summed E-state index contributed by atoms with van der Waals surface area (Å²) in [5.41, 5.74) is 0.648. The van der Waals surface area contributed by atoms with Crippen molar-refractivity contribution in [1.82, 2.24) is 5.32 Å². The van der Waals surface area contributed by atoms with E-state index in [1.165, 1.54) is 13.8 Å². The third kappa shape index (κ3) is 5.17. The van der Waals surface area contributed by atoms with Crippen LogP contribution >= 0.6 is 27.7 Å². The van der Waals surface area contributed by atoms with Gasteiger partial charge in [0.05, 0.1) is 11.5 Å². The van der Waals surface area contributed by atoms with Crippen molar-refractivity contribution >= 4 is 56.7 Å². The summed E-state index contributed by atoms with van der Waals surface area (Å²) < 4.78 is 11.2. The van der Waals surface area contributed by atoms with Crippen LogP contribution in [0.5, 0.6) is 11.5 Å². The van der Waals surface area contributed by atoms with Gasteiger partial charge >= 0.3 is 5.97 Å². The highest BCUT2D eigenvalue weighted by molar-refractivity contribution is 9.10. The van der Waals surface area contributed by atoms with E-state index in [1.807, 2.05) is 6.92 Å². The van der Waals surface area contributed by atoms with Crippen molar-refractivity contribution in [3.05, 3.63) is 27.1 Å². The Morgan fingerprint density at radius 3 is 2.64 bits per heavy atom. The maximum Gasteiger partial charge on any atom is 0.308 e. The van der Waals surface area contributed by atoms with E-state index in [2.05, 4.69) is 26.2 Å². The summed E-state index contributed by atoms with van der Waals surface area (Å²) >= 11 is 4.45. The molecule has 132 valence electrons. The molecule has 9 heteroatoms. The Kier molecular flexibility index (Phi) is 6.38. The highest BCUT2D eigenvalue weighted by Gasteiger charge is 2.23. The number of ether oxygens (including phenoxy) is 2. The third-order valence-corrected chi connectivity index (χ3v) is 4.39. The van der Waals surface area contributed by atoms with Gasteiger partial charge in [-0.3, -0.25) is 14.4 Å². The summed E-state index contributed by atoms with van der Waals surface area (Å²) in [5, 5.41) is 2.72. The molecule has 25 heavy (non-hydrogen) atoms. The minimum atomic E-state index is -0.464. The average molecular weight is 427 g/mol.